The van der Waals surface area contributed by atoms with E-state index in [4.69, 9.17) is 5.73 Å². The van der Waals surface area contributed by atoms with Crippen LogP contribution in [0.1, 0.15) is 17.6 Å². The second-order valence-corrected chi connectivity index (χ2v) is 3.86. The molecule has 0 aliphatic carbocycles. The van der Waals surface area contributed by atoms with Crippen LogP contribution in [0.3, 0.4) is 0 Å². The molecular formula is C12H12N6. The SMILES string of the molecule is NC(c1ncc[nH]1)c1cnnn1-c1ccccc1. The first-order chi connectivity index (χ1) is 8.86. The van der Waals surface area contributed by atoms with Crippen LogP contribution >= 0.6 is 0 Å². The molecule has 90 valence electrons. The third-order valence-corrected chi connectivity index (χ3v) is 2.71. The van der Waals surface area contributed by atoms with E-state index in [0.29, 0.717) is 5.82 Å². The number of rotatable bonds is 3. The molecule has 0 spiro atoms. The van der Waals surface area contributed by atoms with Crippen molar-refractivity contribution in [2.45, 2.75) is 6.04 Å². The number of H-pyrrole nitrogens is 1. The van der Waals surface area contributed by atoms with Gasteiger partial charge >= 0.3 is 0 Å². The Kier molecular flexibility index (Phi) is 2.62. The molecule has 0 aliphatic rings. The molecule has 0 aliphatic heterocycles. The Balaban J connectivity index is 2.02. The van der Waals surface area contributed by atoms with Crippen LogP contribution in [0.4, 0.5) is 0 Å². The lowest BCUT2D eigenvalue weighted by Gasteiger charge is -2.10. The zero-order chi connectivity index (χ0) is 12.4. The minimum atomic E-state index is -0.379. The standard InChI is InChI=1S/C12H12N6/c13-11(12-14-6-7-15-12)10-8-16-17-18(10)9-4-2-1-3-5-9/h1-8,11H,13H2,(H,14,15). The maximum absolute atomic E-state index is 6.15. The highest BCUT2D eigenvalue weighted by molar-refractivity contribution is 5.33. The van der Waals surface area contributed by atoms with Crippen LogP contribution in [0.5, 0.6) is 0 Å². The van der Waals surface area contributed by atoms with Crippen LogP contribution in [0, 0.1) is 0 Å². The van der Waals surface area contributed by atoms with Crippen molar-refractivity contribution >= 4 is 0 Å². The molecule has 0 saturated carbocycles. The molecule has 0 bridgehead atoms. The number of hydrogen-bond donors (Lipinski definition) is 2. The largest absolute Gasteiger partial charge is 0.347 e. The highest BCUT2D eigenvalue weighted by Crippen LogP contribution is 2.18. The van der Waals surface area contributed by atoms with Gasteiger partial charge in [0.25, 0.3) is 0 Å². The van der Waals surface area contributed by atoms with Crippen LogP contribution in [-0.4, -0.2) is 25.0 Å². The molecule has 6 nitrogen and oxygen atoms in total. The van der Waals surface area contributed by atoms with Crippen molar-refractivity contribution in [1.82, 2.24) is 25.0 Å². The van der Waals surface area contributed by atoms with E-state index in [0.717, 1.165) is 11.4 Å². The summed E-state index contributed by atoms with van der Waals surface area (Å²) in [7, 11) is 0. The molecule has 3 N–H and O–H groups in total. The second kappa shape index (κ2) is 4.42. The van der Waals surface area contributed by atoms with Crippen LogP contribution < -0.4 is 5.73 Å². The molecule has 3 aromatic rings. The molecule has 0 radical (unpaired) electrons. The summed E-state index contributed by atoms with van der Waals surface area (Å²) >= 11 is 0. The Hall–Kier alpha value is -2.47. The fourth-order valence-electron chi connectivity index (χ4n) is 1.81. The third kappa shape index (κ3) is 1.78. The molecule has 1 aromatic carbocycles. The Morgan fingerprint density at radius 1 is 1.22 bits per heavy atom. The third-order valence-electron chi connectivity index (χ3n) is 2.71. The topological polar surface area (TPSA) is 85.4 Å². The van der Waals surface area contributed by atoms with Crippen LogP contribution in [0.15, 0.2) is 48.9 Å². The van der Waals surface area contributed by atoms with E-state index < -0.39 is 0 Å². The van der Waals surface area contributed by atoms with E-state index in [2.05, 4.69) is 20.3 Å². The minimum absolute atomic E-state index is 0.379. The molecule has 1 atom stereocenters. The van der Waals surface area contributed by atoms with E-state index in [1.54, 1.807) is 23.3 Å². The average Bonchev–Trinajstić information content (AvgIpc) is 3.10. The van der Waals surface area contributed by atoms with Crippen molar-refractivity contribution in [2.24, 2.45) is 5.73 Å². The number of para-hydroxylation sites is 1. The first-order valence-electron chi connectivity index (χ1n) is 5.57. The summed E-state index contributed by atoms with van der Waals surface area (Å²) in [5.41, 5.74) is 7.86. The number of aromatic nitrogens is 5. The summed E-state index contributed by atoms with van der Waals surface area (Å²) in [5, 5.41) is 7.98. The zero-order valence-corrected chi connectivity index (χ0v) is 9.56. The quantitative estimate of drug-likeness (QED) is 0.716. The van der Waals surface area contributed by atoms with E-state index >= 15 is 0 Å². The van der Waals surface area contributed by atoms with Gasteiger partial charge in [0.15, 0.2) is 0 Å². The molecule has 2 heterocycles. The van der Waals surface area contributed by atoms with Crippen molar-refractivity contribution in [2.75, 3.05) is 0 Å². The summed E-state index contributed by atoms with van der Waals surface area (Å²) in [4.78, 5) is 7.16. The van der Waals surface area contributed by atoms with E-state index in [1.165, 1.54) is 0 Å². The molecule has 2 aromatic heterocycles. The molecular weight excluding hydrogens is 228 g/mol. The Labute approximate surface area is 103 Å². The lowest BCUT2D eigenvalue weighted by atomic mass is 10.2. The van der Waals surface area contributed by atoms with Crippen molar-refractivity contribution in [3.8, 4) is 5.69 Å². The Morgan fingerprint density at radius 3 is 2.78 bits per heavy atom. The fraction of sp³-hybridized carbons (Fsp3) is 0.0833. The molecule has 18 heavy (non-hydrogen) atoms. The Bertz CT molecular complexity index is 613. The lowest BCUT2D eigenvalue weighted by molar-refractivity contribution is 0.697. The number of benzene rings is 1. The van der Waals surface area contributed by atoms with Crippen molar-refractivity contribution in [1.29, 1.82) is 0 Å². The predicted molar refractivity (Wildman–Crippen MR) is 66.0 cm³/mol. The predicted octanol–water partition coefficient (Wildman–Crippen LogP) is 1.04. The number of hydrogen-bond acceptors (Lipinski definition) is 4. The summed E-state index contributed by atoms with van der Waals surface area (Å²) in [6.45, 7) is 0. The number of nitrogens with one attached hydrogen (secondary N) is 1. The second-order valence-electron chi connectivity index (χ2n) is 3.86. The molecule has 0 saturated heterocycles. The van der Waals surface area contributed by atoms with E-state index in [-0.39, 0.29) is 6.04 Å². The number of imidazole rings is 1. The van der Waals surface area contributed by atoms with Crippen LogP contribution in [0.25, 0.3) is 5.69 Å². The number of nitrogens with zero attached hydrogens (tertiary/aromatic N) is 4. The highest BCUT2D eigenvalue weighted by atomic mass is 15.4. The summed E-state index contributed by atoms with van der Waals surface area (Å²) in [5.74, 6) is 0.689. The smallest absolute Gasteiger partial charge is 0.129 e. The normalized spacial score (nSPS) is 12.5. The summed E-state index contributed by atoms with van der Waals surface area (Å²) in [6.07, 6.45) is 5.07. The maximum Gasteiger partial charge on any atom is 0.129 e. The average molecular weight is 240 g/mol. The van der Waals surface area contributed by atoms with Gasteiger partial charge in [-0.15, -0.1) is 5.10 Å². The van der Waals surface area contributed by atoms with Gasteiger partial charge in [-0.05, 0) is 12.1 Å². The van der Waals surface area contributed by atoms with E-state index in [9.17, 15) is 0 Å². The summed E-state index contributed by atoms with van der Waals surface area (Å²) in [6, 6.07) is 9.36. The van der Waals surface area contributed by atoms with Gasteiger partial charge in [0, 0.05) is 12.4 Å². The zero-order valence-electron chi connectivity index (χ0n) is 9.56. The van der Waals surface area contributed by atoms with Gasteiger partial charge in [0.1, 0.15) is 11.9 Å². The van der Waals surface area contributed by atoms with Gasteiger partial charge in [-0.3, -0.25) is 0 Å². The van der Waals surface area contributed by atoms with Gasteiger partial charge in [-0.1, -0.05) is 23.4 Å². The molecule has 3 rings (SSSR count). The van der Waals surface area contributed by atoms with Gasteiger partial charge < -0.3 is 10.7 Å². The first-order valence-corrected chi connectivity index (χ1v) is 5.57. The number of nitrogens with two attached hydrogens (primary N) is 1. The van der Waals surface area contributed by atoms with Gasteiger partial charge in [0.05, 0.1) is 17.6 Å². The molecule has 1 unspecified atom stereocenters. The fourth-order valence-corrected chi connectivity index (χ4v) is 1.81. The van der Waals surface area contributed by atoms with Gasteiger partial charge in [-0.25, -0.2) is 9.67 Å². The summed E-state index contributed by atoms with van der Waals surface area (Å²) < 4.78 is 1.72. The van der Waals surface area contributed by atoms with E-state index in [1.807, 2.05) is 30.3 Å². The molecule has 0 fully saturated rings. The highest BCUT2D eigenvalue weighted by Gasteiger charge is 2.17. The minimum Gasteiger partial charge on any atom is -0.347 e. The first kappa shape index (κ1) is 10.7. The monoisotopic (exact) mass is 240 g/mol. The number of aromatic amines is 1. The van der Waals surface area contributed by atoms with Gasteiger partial charge in [0.2, 0.25) is 0 Å². The van der Waals surface area contributed by atoms with Gasteiger partial charge in [-0.2, -0.15) is 0 Å². The Morgan fingerprint density at radius 2 is 2.06 bits per heavy atom. The van der Waals surface area contributed by atoms with Crippen LogP contribution in [0.2, 0.25) is 0 Å². The maximum atomic E-state index is 6.15. The lowest BCUT2D eigenvalue weighted by Crippen LogP contribution is -2.18. The van der Waals surface area contributed by atoms with Crippen molar-refractivity contribution < 1.29 is 0 Å². The molecule has 6 heteroatoms. The molecule has 0 amide bonds. The van der Waals surface area contributed by atoms with Crippen molar-refractivity contribution in [3.63, 3.8) is 0 Å². The van der Waals surface area contributed by atoms with Crippen molar-refractivity contribution in [3.05, 3.63) is 60.4 Å². The van der Waals surface area contributed by atoms with Crippen LogP contribution in [-0.2, 0) is 0 Å².